The average Bonchev–Trinajstić information content (AvgIpc) is 3.66. The molecule has 1 fully saturated rings. The van der Waals surface area contributed by atoms with E-state index in [0.29, 0.717) is 44.9 Å². The number of aliphatic hydroxyl groups excluding tert-OH is 1. The first-order valence-corrected chi connectivity index (χ1v) is 24.4. The van der Waals surface area contributed by atoms with Crippen LogP contribution in [0.15, 0.2) is 24.3 Å². The van der Waals surface area contributed by atoms with E-state index in [1.54, 1.807) is 0 Å². The molecule has 1 aliphatic heterocycles. The number of hydrogen-bond donors (Lipinski definition) is 2. The molecule has 0 radical (unpaired) electrons. The second kappa shape index (κ2) is 41.4. The van der Waals surface area contributed by atoms with Crippen LogP contribution in [0.1, 0.15) is 194 Å². The molecule has 10 nitrogen and oxygen atoms in total. The largest absolute Gasteiger partial charge is 0.465 e. The molecule has 1 aliphatic rings. The Balaban J connectivity index is 2.50. The molecule has 346 valence electrons. The zero-order chi connectivity index (χ0) is 42.9. The van der Waals surface area contributed by atoms with E-state index in [9.17, 15) is 14.7 Å². The van der Waals surface area contributed by atoms with E-state index in [-0.39, 0.29) is 25.8 Å². The smallest absolute Gasteiger partial charge is 0.407 e. The first kappa shape index (κ1) is 55.0. The molecule has 0 bridgehead atoms. The number of nitrogens with one attached hydrogen (secondary N) is 1. The van der Waals surface area contributed by atoms with Crippen LogP contribution in [-0.2, 0) is 28.5 Å². The number of ether oxygens (including phenoxy) is 5. The van der Waals surface area contributed by atoms with Gasteiger partial charge in [0.05, 0.1) is 19.1 Å². The average molecular weight is 837 g/mol. The maximum absolute atomic E-state index is 12.7. The molecular weight excluding hydrogens is 745 g/mol. The van der Waals surface area contributed by atoms with Gasteiger partial charge in [0.2, 0.25) is 0 Å². The van der Waals surface area contributed by atoms with Crippen LogP contribution >= 0.6 is 0 Å². The lowest BCUT2D eigenvalue weighted by Crippen LogP contribution is -2.34. The number of nitrogens with zero attached hydrogens (tertiary/aromatic N) is 1. The fourth-order valence-electron chi connectivity index (χ4n) is 7.19. The Kier molecular flexibility index (Phi) is 38.6. The van der Waals surface area contributed by atoms with E-state index >= 15 is 0 Å². The van der Waals surface area contributed by atoms with Gasteiger partial charge in [-0.1, -0.05) is 141 Å². The Labute approximate surface area is 362 Å². The van der Waals surface area contributed by atoms with Gasteiger partial charge in [-0.3, -0.25) is 4.79 Å². The fourth-order valence-corrected chi connectivity index (χ4v) is 7.19. The van der Waals surface area contributed by atoms with Gasteiger partial charge in [-0.15, -0.1) is 0 Å². The molecule has 1 amide bonds. The Hall–Kier alpha value is -1.98. The van der Waals surface area contributed by atoms with E-state index in [2.05, 4.69) is 62.3 Å². The minimum Gasteiger partial charge on any atom is -0.465 e. The van der Waals surface area contributed by atoms with Gasteiger partial charge in [0, 0.05) is 45.6 Å². The van der Waals surface area contributed by atoms with Crippen LogP contribution in [0.25, 0.3) is 0 Å². The third-order valence-corrected chi connectivity index (χ3v) is 11.1. The summed E-state index contributed by atoms with van der Waals surface area (Å²) in [5.74, 6) is -0.264. The lowest BCUT2D eigenvalue weighted by atomic mass is 10.1. The number of carbonyl (C=O) groups excluding carboxylic acids is 2. The third kappa shape index (κ3) is 36.4. The Morgan fingerprint density at radius 3 is 1.81 bits per heavy atom. The minimum absolute atomic E-state index is 0.0193. The highest BCUT2D eigenvalue weighted by Crippen LogP contribution is 2.16. The van der Waals surface area contributed by atoms with Crippen molar-refractivity contribution in [3.8, 4) is 0 Å². The van der Waals surface area contributed by atoms with E-state index in [1.165, 1.54) is 83.5 Å². The predicted molar refractivity (Wildman–Crippen MR) is 242 cm³/mol. The van der Waals surface area contributed by atoms with Crippen molar-refractivity contribution in [3.05, 3.63) is 24.3 Å². The van der Waals surface area contributed by atoms with Crippen molar-refractivity contribution < 1.29 is 38.4 Å². The van der Waals surface area contributed by atoms with Crippen LogP contribution in [0.5, 0.6) is 0 Å². The molecular formula is C49H92N2O8. The number of rotatable bonds is 42. The molecule has 1 rings (SSSR count). The molecule has 3 atom stereocenters. The Morgan fingerprint density at radius 1 is 0.661 bits per heavy atom. The van der Waals surface area contributed by atoms with Gasteiger partial charge in [-0.25, -0.2) is 4.79 Å². The van der Waals surface area contributed by atoms with Gasteiger partial charge in [-0.05, 0) is 77.3 Å². The van der Waals surface area contributed by atoms with Crippen molar-refractivity contribution >= 4 is 12.1 Å². The highest BCUT2D eigenvalue weighted by Gasteiger charge is 2.22. The molecule has 1 saturated heterocycles. The number of hydrogen-bond acceptors (Lipinski definition) is 9. The van der Waals surface area contributed by atoms with E-state index in [1.807, 2.05) is 0 Å². The summed E-state index contributed by atoms with van der Waals surface area (Å²) in [6.45, 7) is 10.7. The first-order chi connectivity index (χ1) is 28.9. The van der Waals surface area contributed by atoms with Crippen LogP contribution in [0.4, 0.5) is 4.79 Å². The topological polar surface area (TPSA) is 116 Å². The van der Waals surface area contributed by atoms with Crippen molar-refractivity contribution in [2.45, 2.75) is 207 Å². The SMILES string of the molecule is CCCCC/C=C\C/C=C\CCCCCCCC(=O)OCC(COC(=O)NCC1CCN(C)C1)COC(O)CCC(OCCCCCCCC)OCCCCCCCC. The second-order valence-electron chi connectivity index (χ2n) is 17.0. The number of aliphatic hydroxyl groups is 1. The fraction of sp³-hybridized carbons (Fsp3) is 0.878. The molecule has 0 aromatic rings. The van der Waals surface area contributed by atoms with Gasteiger partial charge in [0.15, 0.2) is 12.6 Å². The van der Waals surface area contributed by atoms with Crippen molar-refractivity contribution in [3.63, 3.8) is 0 Å². The lowest BCUT2D eigenvalue weighted by Gasteiger charge is -2.22. The van der Waals surface area contributed by atoms with Crippen molar-refractivity contribution in [2.24, 2.45) is 11.8 Å². The highest BCUT2D eigenvalue weighted by molar-refractivity contribution is 5.69. The molecule has 1 heterocycles. The molecule has 59 heavy (non-hydrogen) atoms. The van der Waals surface area contributed by atoms with E-state index in [4.69, 9.17) is 23.7 Å². The maximum atomic E-state index is 12.7. The van der Waals surface area contributed by atoms with E-state index < -0.39 is 24.6 Å². The normalized spacial score (nSPS) is 15.8. The van der Waals surface area contributed by atoms with Gasteiger partial charge >= 0.3 is 12.1 Å². The van der Waals surface area contributed by atoms with Crippen LogP contribution in [0, 0.1) is 11.8 Å². The summed E-state index contributed by atoms with van der Waals surface area (Å²) in [4.78, 5) is 27.5. The summed E-state index contributed by atoms with van der Waals surface area (Å²) in [7, 11) is 2.09. The standard InChI is InChI=1S/C49H92N2O8/c1-5-8-11-14-17-18-19-20-21-22-23-24-25-26-29-32-46(52)57-41-45(43-59-49(54)50-39-44-35-36-51(4)40-44)42-58-47(53)33-34-48(55-37-30-27-15-12-9-6-2)56-38-31-28-16-13-10-7-3/h17-18,20-21,44-45,47-48,53H,5-16,19,22-43H2,1-4H3,(H,50,54)/b18-17-,21-20-. The molecule has 10 heteroatoms. The third-order valence-electron chi connectivity index (χ3n) is 11.1. The first-order valence-electron chi connectivity index (χ1n) is 24.4. The number of likely N-dealkylation sites (tertiary alicyclic amines) is 1. The minimum atomic E-state index is -1.05. The molecule has 0 aromatic carbocycles. The van der Waals surface area contributed by atoms with Crippen LogP contribution in [0.2, 0.25) is 0 Å². The Bertz CT molecular complexity index is 992. The number of carbonyl (C=O) groups is 2. The summed E-state index contributed by atoms with van der Waals surface area (Å²) < 4.78 is 29.3. The van der Waals surface area contributed by atoms with Crippen LogP contribution in [-0.4, -0.2) is 94.4 Å². The number of allylic oxidation sites excluding steroid dienone is 4. The molecule has 0 aromatic heterocycles. The van der Waals surface area contributed by atoms with Gasteiger partial charge in [0.25, 0.3) is 0 Å². The van der Waals surface area contributed by atoms with Crippen molar-refractivity contribution in [2.75, 3.05) is 59.7 Å². The zero-order valence-electron chi connectivity index (χ0n) is 38.6. The second-order valence-corrected chi connectivity index (χ2v) is 17.0. The monoisotopic (exact) mass is 837 g/mol. The number of alkyl carbamates (subject to hydrolysis) is 1. The molecule has 0 saturated carbocycles. The summed E-state index contributed by atoms with van der Waals surface area (Å²) >= 11 is 0. The maximum Gasteiger partial charge on any atom is 0.407 e. The highest BCUT2D eigenvalue weighted by atomic mass is 16.7. The van der Waals surface area contributed by atoms with Crippen LogP contribution in [0.3, 0.4) is 0 Å². The molecule has 0 aliphatic carbocycles. The zero-order valence-corrected chi connectivity index (χ0v) is 38.6. The number of esters is 1. The van der Waals surface area contributed by atoms with Gasteiger partial charge in [-0.2, -0.15) is 0 Å². The van der Waals surface area contributed by atoms with Gasteiger partial charge < -0.3 is 39.0 Å². The van der Waals surface area contributed by atoms with E-state index in [0.717, 1.165) is 83.7 Å². The summed E-state index contributed by atoms with van der Waals surface area (Å²) in [6.07, 6.45) is 36.1. The van der Waals surface area contributed by atoms with Gasteiger partial charge in [0.1, 0.15) is 6.61 Å². The summed E-state index contributed by atoms with van der Waals surface area (Å²) in [6, 6.07) is 0. The quantitative estimate of drug-likeness (QED) is 0.0268. The molecule has 3 unspecified atom stereocenters. The Morgan fingerprint density at radius 2 is 1.20 bits per heavy atom. The summed E-state index contributed by atoms with van der Waals surface area (Å²) in [5, 5.41) is 13.7. The van der Waals surface area contributed by atoms with Crippen molar-refractivity contribution in [1.82, 2.24) is 10.2 Å². The predicted octanol–water partition coefficient (Wildman–Crippen LogP) is 11.8. The summed E-state index contributed by atoms with van der Waals surface area (Å²) in [5.41, 5.74) is 0. The number of unbranched alkanes of at least 4 members (excludes halogenated alkanes) is 18. The van der Waals surface area contributed by atoms with Crippen LogP contribution < -0.4 is 5.32 Å². The molecule has 0 spiro atoms. The number of amides is 1. The lowest BCUT2D eigenvalue weighted by molar-refractivity contribution is -0.170. The molecule has 2 N–H and O–H groups in total. The van der Waals surface area contributed by atoms with Crippen molar-refractivity contribution in [1.29, 1.82) is 0 Å².